The quantitative estimate of drug-likeness (QED) is 0.441. The lowest BCUT2D eigenvalue weighted by Crippen LogP contribution is -2.34. The number of halogens is 6. The summed E-state index contributed by atoms with van der Waals surface area (Å²) in [6.07, 6.45) is -4.70. The molecule has 1 atom stereocenters. The number of imidazole rings is 1. The largest absolute Gasteiger partial charge is 0.405 e. The highest BCUT2D eigenvalue weighted by molar-refractivity contribution is 7.71. The smallest absolute Gasteiger partial charge is 0.347 e. The van der Waals surface area contributed by atoms with Gasteiger partial charge in [-0.15, -0.1) is 0 Å². The van der Waals surface area contributed by atoms with E-state index in [0.717, 1.165) is 12.1 Å². The summed E-state index contributed by atoms with van der Waals surface area (Å²) in [5.41, 5.74) is 0.684. The van der Waals surface area contributed by atoms with E-state index >= 15 is 0 Å². The summed E-state index contributed by atoms with van der Waals surface area (Å²) in [5.74, 6) is -3.03. The molecule has 1 unspecified atom stereocenters. The highest BCUT2D eigenvalue weighted by atomic mass is 35.5. The second kappa shape index (κ2) is 7.23. The standard InChI is InChI=1S/C16H13ClF5N3OS/c17-8-1-2-9(18)13(14(8)19)7-3-11-10(24-15(27)25(11)5-7)4-12(26)23-6-16(20,21)22/h1-2,7H,3-6H2,(H,23,26)(H,24,27). The Morgan fingerprint density at radius 1 is 1.37 bits per heavy atom. The third-order valence-corrected chi connectivity index (χ3v) is 4.95. The van der Waals surface area contributed by atoms with E-state index in [4.69, 9.17) is 23.8 Å². The zero-order valence-electron chi connectivity index (χ0n) is 13.6. The molecule has 0 spiro atoms. The SMILES string of the molecule is O=C(Cc1[nH]c(=S)n2c1CC(c1c(F)ccc(Cl)c1F)C2)NCC(F)(F)F. The molecule has 1 amide bonds. The van der Waals surface area contributed by atoms with Gasteiger partial charge in [-0.05, 0) is 30.8 Å². The molecule has 146 valence electrons. The zero-order chi connectivity index (χ0) is 19.9. The van der Waals surface area contributed by atoms with Crippen LogP contribution in [0.15, 0.2) is 12.1 Å². The zero-order valence-corrected chi connectivity index (χ0v) is 15.2. The number of rotatable bonds is 4. The fraction of sp³-hybridized carbons (Fsp3) is 0.375. The molecule has 0 saturated carbocycles. The van der Waals surface area contributed by atoms with Gasteiger partial charge in [0, 0.05) is 29.4 Å². The molecule has 11 heteroatoms. The average molecular weight is 426 g/mol. The van der Waals surface area contributed by atoms with Crippen molar-refractivity contribution in [3.05, 3.63) is 50.5 Å². The van der Waals surface area contributed by atoms with Crippen LogP contribution in [-0.4, -0.2) is 28.2 Å². The monoisotopic (exact) mass is 425 g/mol. The minimum absolute atomic E-state index is 0.170. The molecule has 1 aromatic heterocycles. The van der Waals surface area contributed by atoms with Gasteiger partial charge in [-0.2, -0.15) is 13.2 Å². The van der Waals surface area contributed by atoms with Crippen LogP contribution in [0.25, 0.3) is 0 Å². The second-order valence-corrected chi connectivity index (χ2v) is 6.99. The van der Waals surface area contributed by atoms with E-state index in [2.05, 4.69) is 4.98 Å². The van der Waals surface area contributed by atoms with Crippen molar-refractivity contribution in [2.24, 2.45) is 0 Å². The van der Waals surface area contributed by atoms with Crippen LogP contribution in [-0.2, 0) is 24.2 Å². The summed E-state index contributed by atoms with van der Waals surface area (Å²) in [6, 6.07) is 2.19. The van der Waals surface area contributed by atoms with Gasteiger partial charge in [-0.3, -0.25) is 4.79 Å². The summed E-state index contributed by atoms with van der Waals surface area (Å²) < 4.78 is 66.8. The van der Waals surface area contributed by atoms with Gasteiger partial charge in [-0.25, -0.2) is 8.78 Å². The van der Waals surface area contributed by atoms with E-state index < -0.39 is 36.2 Å². The minimum atomic E-state index is -4.52. The van der Waals surface area contributed by atoms with Gasteiger partial charge in [0.05, 0.1) is 11.4 Å². The summed E-state index contributed by atoms with van der Waals surface area (Å²) >= 11 is 10.9. The molecule has 0 fully saturated rings. The van der Waals surface area contributed by atoms with Crippen LogP contribution in [0.3, 0.4) is 0 Å². The van der Waals surface area contributed by atoms with Crippen molar-refractivity contribution in [3.63, 3.8) is 0 Å². The number of nitrogens with zero attached hydrogens (tertiary/aromatic N) is 1. The minimum Gasteiger partial charge on any atom is -0.347 e. The summed E-state index contributed by atoms with van der Waals surface area (Å²) in [7, 11) is 0. The highest BCUT2D eigenvalue weighted by Crippen LogP contribution is 2.36. The number of carbonyl (C=O) groups is 1. The first-order valence-electron chi connectivity index (χ1n) is 7.84. The van der Waals surface area contributed by atoms with Crippen molar-refractivity contribution in [1.29, 1.82) is 0 Å². The lowest BCUT2D eigenvalue weighted by molar-refractivity contribution is -0.138. The van der Waals surface area contributed by atoms with Crippen molar-refractivity contribution < 1.29 is 26.7 Å². The molecule has 2 heterocycles. The molecule has 4 nitrogen and oxygen atoms in total. The average Bonchev–Trinajstić information content (AvgIpc) is 3.11. The Morgan fingerprint density at radius 2 is 2.07 bits per heavy atom. The maximum absolute atomic E-state index is 14.3. The first-order valence-corrected chi connectivity index (χ1v) is 8.63. The van der Waals surface area contributed by atoms with E-state index in [0.29, 0.717) is 11.4 Å². The van der Waals surface area contributed by atoms with Crippen molar-refractivity contribution in [1.82, 2.24) is 14.9 Å². The number of nitrogens with one attached hydrogen (secondary N) is 2. The second-order valence-electron chi connectivity index (χ2n) is 6.19. The normalized spacial score (nSPS) is 16.4. The Hall–Kier alpha value is -1.94. The van der Waals surface area contributed by atoms with Gasteiger partial charge >= 0.3 is 6.18 Å². The van der Waals surface area contributed by atoms with Gasteiger partial charge in [0.25, 0.3) is 0 Å². The number of carbonyl (C=O) groups excluding carboxylic acids is 1. The highest BCUT2D eigenvalue weighted by Gasteiger charge is 2.32. The molecule has 0 bridgehead atoms. The number of benzene rings is 1. The van der Waals surface area contributed by atoms with Gasteiger partial charge in [0.15, 0.2) is 4.77 Å². The van der Waals surface area contributed by atoms with Gasteiger partial charge in [0.2, 0.25) is 5.91 Å². The molecule has 0 radical (unpaired) electrons. The number of hydrogen-bond donors (Lipinski definition) is 2. The van der Waals surface area contributed by atoms with E-state index in [9.17, 15) is 26.7 Å². The fourth-order valence-electron chi connectivity index (χ4n) is 3.18. The number of amides is 1. The van der Waals surface area contributed by atoms with Crippen molar-refractivity contribution in [2.75, 3.05) is 6.54 Å². The first kappa shape index (κ1) is 19.8. The third kappa shape index (κ3) is 4.16. The Bertz CT molecular complexity index is 953. The van der Waals surface area contributed by atoms with E-state index in [1.165, 1.54) is 0 Å². The maximum Gasteiger partial charge on any atom is 0.405 e. The van der Waals surface area contributed by atoms with Crippen molar-refractivity contribution >= 4 is 29.7 Å². The Kier molecular flexibility index (Phi) is 5.31. The predicted molar refractivity (Wildman–Crippen MR) is 90.2 cm³/mol. The van der Waals surface area contributed by atoms with Gasteiger partial charge in [-0.1, -0.05) is 11.6 Å². The molecule has 0 saturated heterocycles. The lowest BCUT2D eigenvalue weighted by Gasteiger charge is -2.13. The van der Waals surface area contributed by atoms with Crippen molar-refractivity contribution in [3.8, 4) is 0 Å². The topological polar surface area (TPSA) is 49.8 Å². The van der Waals surface area contributed by atoms with Crippen LogP contribution >= 0.6 is 23.8 Å². The van der Waals surface area contributed by atoms with Crippen molar-refractivity contribution in [2.45, 2.75) is 31.5 Å². The van der Waals surface area contributed by atoms with E-state index in [1.54, 1.807) is 9.88 Å². The number of alkyl halides is 3. The predicted octanol–water partition coefficient (Wildman–Crippen LogP) is 4.04. The van der Waals surface area contributed by atoms with Crippen LogP contribution in [0.1, 0.15) is 22.9 Å². The maximum atomic E-state index is 14.3. The molecule has 1 aliphatic heterocycles. The molecule has 1 aromatic carbocycles. The number of fused-ring (bicyclic) bond motifs is 1. The molecule has 2 N–H and O–H groups in total. The fourth-order valence-corrected chi connectivity index (χ4v) is 3.65. The number of aromatic amines is 1. The molecule has 3 rings (SSSR count). The van der Waals surface area contributed by atoms with Gasteiger partial charge in [0.1, 0.15) is 18.2 Å². The molecule has 27 heavy (non-hydrogen) atoms. The number of H-pyrrole nitrogens is 1. The molecular formula is C16H13ClF5N3OS. The van der Waals surface area contributed by atoms with E-state index in [1.807, 2.05) is 0 Å². The Morgan fingerprint density at radius 3 is 2.74 bits per heavy atom. The molecule has 0 aliphatic carbocycles. The van der Waals surface area contributed by atoms with Crippen LogP contribution in [0, 0.1) is 16.4 Å². The summed E-state index contributed by atoms with van der Waals surface area (Å²) in [5, 5.41) is 1.57. The Labute approximate surface area is 160 Å². The summed E-state index contributed by atoms with van der Waals surface area (Å²) in [6.45, 7) is -1.27. The third-order valence-electron chi connectivity index (χ3n) is 4.33. The van der Waals surface area contributed by atoms with Crippen LogP contribution in [0.4, 0.5) is 22.0 Å². The Balaban J connectivity index is 1.81. The van der Waals surface area contributed by atoms with Crippen LogP contribution in [0.2, 0.25) is 5.02 Å². The lowest BCUT2D eigenvalue weighted by atomic mass is 9.95. The summed E-state index contributed by atoms with van der Waals surface area (Å²) in [4.78, 5) is 14.5. The van der Waals surface area contributed by atoms with Crippen LogP contribution < -0.4 is 5.32 Å². The van der Waals surface area contributed by atoms with Gasteiger partial charge < -0.3 is 14.9 Å². The number of hydrogen-bond acceptors (Lipinski definition) is 2. The molecular weight excluding hydrogens is 413 g/mol. The van der Waals surface area contributed by atoms with E-state index in [-0.39, 0.29) is 34.7 Å². The molecule has 1 aliphatic rings. The first-order chi connectivity index (χ1) is 12.6. The number of aromatic nitrogens is 2. The van der Waals surface area contributed by atoms with Crippen LogP contribution in [0.5, 0.6) is 0 Å². The molecule has 2 aromatic rings.